The van der Waals surface area contributed by atoms with Crippen molar-refractivity contribution in [2.75, 3.05) is 16.8 Å². The first-order valence-electron chi connectivity index (χ1n) is 7.37. The fourth-order valence-electron chi connectivity index (χ4n) is 2.93. The molecule has 1 aliphatic rings. The van der Waals surface area contributed by atoms with Crippen molar-refractivity contribution in [1.29, 1.82) is 0 Å². The van der Waals surface area contributed by atoms with Gasteiger partial charge in [-0.05, 0) is 23.8 Å². The maximum Gasteiger partial charge on any atom is 0.225 e. The van der Waals surface area contributed by atoms with E-state index < -0.39 is 0 Å². The number of rotatable bonds is 3. The van der Waals surface area contributed by atoms with Crippen molar-refractivity contribution in [1.82, 2.24) is 0 Å². The Morgan fingerprint density at radius 3 is 2.50 bits per heavy atom. The van der Waals surface area contributed by atoms with E-state index in [9.17, 15) is 9.59 Å². The van der Waals surface area contributed by atoms with E-state index in [2.05, 4.69) is 5.32 Å². The summed E-state index contributed by atoms with van der Waals surface area (Å²) in [6.07, 6.45) is 0.371. The third-order valence-electron chi connectivity index (χ3n) is 3.94. The van der Waals surface area contributed by atoms with Crippen LogP contribution in [0.4, 0.5) is 11.4 Å². The highest BCUT2D eigenvalue weighted by atomic mass is 16.2. The lowest BCUT2D eigenvalue weighted by molar-refractivity contribution is -0.118. The average molecular weight is 294 g/mol. The van der Waals surface area contributed by atoms with Crippen LogP contribution in [-0.2, 0) is 9.59 Å². The van der Waals surface area contributed by atoms with E-state index in [0.29, 0.717) is 13.0 Å². The maximum atomic E-state index is 12.2. The van der Waals surface area contributed by atoms with Gasteiger partial charge >= 0.3 is 0 Å². The molecule has 2 aromatic rings. The molecule has 3 rings (SSSR count). The summed E-state index contributed by atoms with van der Waals surface area (Å²) in [5.41, 5.74) is 2.79. The van der Waals surface area contributed by atoms with Crippen LogP contribution < -0.4 is 10.2 Å². The highest BCUT2D eigenvalue weighted by Gasteiger charge is 2.31. The largest absolute Gasteiger partial charge is 0.326 e. The van der Waals surface area contributed by atoms with Gasteiger partial charge in [0.25, 0.3) is 0 Å². The molecule has 0 spiro atoms. The van der Waals surface area contributed by atoms with E-state index in [4.69, 9.17) is 0 Å². The minimum Gasteiger partial charge on any atom is -0.326 e. The summed E-state index contributed by atoms with van der Waals surface area (Å²) in [4.78, 5) is 25.7. The van der Waals surface area contributed by atoms with Crippen LogP contribution in [0, 0.1) is 0 Å². The monoisotopic (exact) mass is 294 g/mol. The number of anilines is 2. The van der Waals surface area contributed by atoms with Crippen molar-refractivity contribution in [2.45, 2.75) is 19.3 Å². The van der Waals surface area contributed by atoms with Gasteiger partial charge in [0.05, 0.1) is 0 Å². The Morgan fingerprint density at radius 1 is 1.09 bits per heavy atom. The van der Waals surface area contributed by atoms with Crippen LogP contribution in [0.25, 0.3) is 0 Å². The molecule has 0 saturated heterocycles. The van der Waals surface area contributed by atoms with E-state index in [1.165, 1.54) is 0 Å². The normalized spacial score (nSPS) is 16.2. The van der Waals surface area contributed by atoms with Gasteiger partial charge in [0.15, 0.2) is 0 Å². The van der Waals surface area contributed by atoms with Crippen molar-refractivity contribution >= 4 is 23.2 Å². The van der Waals surface area contributed by atoms with Gasteiger partial charge in [-0.25, -0.2) is 0 Å². The summed E-state index contributed by atoms with van der Waals surface area (Å²) in [7, 11) is 0. The number of fused-ring (bicyclic) bond motifs is 1. The van der Waals surface area contributed by atoms with E-state index >= 15 is 0 Å². The molecule has 112 valence electrons. The molecule has 2 amide bonds. The van der Waals surface area contributed by atoms with Crippen molar-refractivity contribution in [3.05, 3.63) is 60.2 Å². The molecule has 0 radical (unpaired) electrons. The molecular formula is C18H18N2O2. The van der Waals surface area contributed by atoms with E-state index in [1.54, 1.807) is 11.8 Å². The summed E-state index contributed by atoms with van der Waals surface area (Å²) in [5, 5.41) is 2.90. The summed E-state index contributed by atoms with van der Waals surface area (Å²) < 4.78 is 0. The second-order valence-corrected chi connectivity index (χ2v) is 5.50. The van der Waals surface area contributed by atoms with Crippen molar-refractivity contribution in [3.8, 4) is 0 Å². The molecule has 2 aromatic carbocycles. The van der Waals surface area contributed by atoms with Crippen LogP contribution in [-0.4, -0.2) is 18.4 Å². The van der Waals surface area contributed by atoms with Gasteiger partial charge in [0.2, 0.25) is 11.8 Å². The molecule has 0 saturated carbocycles. The number of benzene rings is 2. The zero-order valence-corrected chi connectivity index (χ0v) is 12.5. The van der Waals surface area contributed by atoms with Gasteiger partial charge in [0, 0.05) is 37.2 Å². The van der Waals surface area contributed by atoms with Crippen molar-refractivity contribution in [2.24, 2.45) is 0 Å². The molecule has 1 N–H and O–H groups in total. The van der Waals surface area contributed by atoms with E-state index in [-0.39, 0.29) is 17.7 Å². The van der Waals surface area contributed by atoms with Gasteiger partial charge in [0.1, 0.15) is 0 Å². The molecule has 1 unspecified atom stereocenters. The minimum absolute atomic E-state index is 0.0124. The number of carbonyl (C=O) groups excluding carboxylic acids is 2. The summed E-state index contributed by atoms with van der Waals surface area (Å²) in [6.45, 7) is 2.13. The van der Waals surface area contributed by atoms with Crippen LogP contribution in [0.1, 0.15) is 24.8 Å². The highest BCUT2D eigenvalue weighted by Crippen LogP contribution is 2.38. The topological polar surface area (TPSA) is 49.4 Å². The lowest BCUT2D eigenvalue weighted by Crippen LogP contribution is -2.28. The predicted molar refractivity (Wildman–Crippen MR) is 86.9 cm³/mol. The van der Waals surface area contributed by atoms with Gasteiger partial charge in [-0.2, -0.15) is 0 Å². The third-order valence-corrected chi connectivity index (χ3v) is 3.94. The molecule has 1 aliphatic heterocycles. The first-order chi connectivity index (χ1) is 10.6. The Hall–Kier alpha value is -2.62. The number of carbonyl (C=O) groups is 2. The first kappa shape index (κ1) is 14.3. The van der Waals surface area contributed by atoms with Gasteiger partial charge < -0.3 is 10.2 Å². The number of nitrogens with one attached hydrogen (secondary N) is 1. The lowest BCUT2D eigenvalue weighted by atomic mass is 9.97. The molecule has 4 nitrogen and oxygen atoms in total. The number of hydrogen-bond acceptors (Lipinski definition) is 2. The van der Waals surface area contributed by atoms with Crippen molar-refractivity contribution < 1.29 is 9.59 Å². The Bertz CT molecular complexity index is 697. The van der Waals surface area contributed by atoms with Gasteiger partial charge in [-0.3, -0.25) is 9.59 Å². The summed E-state index contributed by atoms with van der Waals surface area (Å²) >= 11 is 0. The van der Waals surface area contributed by atoms with Gasteiger partial charge in [-0.15, -0.1) is 0 Å². The predicted octanol–water partition coefficient (Wildman–Crippen LogP) is 3.17. The Morgan fingerprint density at radius 2 is 1.77 bits per heavy atom. The second-order valence-electron chi connectivity index (χ2n) is 5.50. The van der Waals surface area contributed by atoms with Crippen LogP contribution in [0.3, 0.4) is 0 Å². The average Bonchev–Trinajstić information content (AvgIpc) is 2.87. The highest BCUT2D eigenvalue weighted by molar-refractivity contribution is 5.96. The van der Waals surface area contributed by atoms with E-state index in [1.807, 2.05) is 54.6 Å². The summed E-state index contributed by atoms with van der Waals surface area (Å²) in [6, 6.07) is 17.2. The zero-order chi connectivity index (χ0) is 15.5. The van der Waals surface area contributed by atoms with Crippen LogP contribution in [0.15, 0.2) is 54.6 Å². The van der Waals surface area contributed by atoms with Crippen LogP contribution >= 0.6 is 0 Å². The quantitative estimate of drug-likeness (QED) is 0.945. The Labute approximate surface area is 129 Å². The smallest absolute Gasteiger partial charge is 0.225 e. The zero-order valence-electron chi connectivity index (χ0n) is 12.5. The van der Waals surface area contributed by atoms with Crippen LogP contribution in [0.2, 0.25) is 0 Å². The molecule has 0 aliphatic carbocycles. The van der Waals surface area contributed by atoms with Crippen molar-refractivity contribution in [3.63, 3.8) is 0 Å². The molecule has 0 bridgehead atoms. The maximum absolute atomic E-state index is 12.2. The number of hydrogen-bond donors (Lipinski definition) is 1. The van der Waals surface area contributed by atoms with Gasteiger partial charge in [-0.1, -0.05) is 36.4 Å². The fourth-order valence-corrected chi connectivity index (χ4v) is 2.93. The SMILES string of the molecule is CC(=O)N1CC(CC(=O)Nc2ccccc2)c2ccccc21. The Balaban J connectivity index is 1.73. The standard InChI is InChI=1S/C18H18N2O2/c1-13(21)20-12-14(16-9-5-6-10-17(16)20)11-18(22)19-15-7-3-2-4-8-15/h2-10,14H,11-12H2,1H3,(H,19,22). The van der Waals surface area contributed by atoms with Crippen LogP contribution in [0.5, 0.6) is 0 Å². The Kier molecular flexibility index (Phi) is 3.92. The van der Waals surface area contributed by atoms with E-state index in [0.717, 1.165) is 16.9 Å². The second kappa shape index (κ2) is 6.02. The molecule has 0 fully saturated rings. The number of amides is 2. The number of para-hydroxylation sites is 2. The molecule has 1 atom stereocenters. The molecule has 1 heterocycles. The molecule has 4 heteroatoms. The first-order valence-corrected chi connectivity index (χ1v) is 7.37. The molecule has 0 aromatic heterocycles. The number of nitrogens with zero attached hydrogens (tertiary/aromatic N) is 1. The summed E-state index contributed by atoms with van der Waals surface area (Å²) in [5.74, 6) is 0.0265. The third kappa shape index (κ3) is 2.86. The molecular weight excluding hydrogens is 276 g/mol. The molecule has 22 heavy (non-hydrogen) atoms. The fraction of sp³-hybridized carbons (Fsp3) is 0.222. The minimum atomic E-state index is -0.0311. The lowest BCUT2D eigenvalue weighted by Gasteiger charge is -2.15.